The Morgan fingerprint density at radius 2 is 1.45 bits per heavy atom. The van der Waals surface area contributed by atoms with Crippen LogP contribution in [0.3, 0.4) is 0 Å². The zero-order valence-electron chi connectivity index (χ0n) is 10.2. The van der Waals surface area contributed by atoms with E-state index in [2.05, 4.69) is 10.6 Å². The number of carbonyl (C=O) groups excluding carboxylic acids is 2. The smallest absolute Gasteiger partial charge is 0.314 e. The normalized spacial score (nSPS) is 9.90. The summed E-state index contributed by atoms with van der Waals surface area (Å²) in [6.07, 6.45) is 0. The largest absolute Gasteiger partial charge is 0.318 e. The maximum absolute atomic E-state index is 11.8. The molecule has 2 aromatic rings. The number of hydrogen-bond donors (Lipinski definition) is 2. The van der Waals surface area contributed by atoms with E-state index in [0.717, 1.165) is 0 Å². The fourth-order valence-electron chi connectivity index (χ4n) is 1.49. The van der Waals surface area contributed by atoms with Crippen LogP contribution >= 0.6 is 23.2 Å². The number of nitrogens with one attached hydrogen (secondary N) is 2. The van der Waals surface area contributed by atoms with Crippen LogP contribution in [0, 0.1) is 0 Å². The van der Waals surface area contributed by atoms with Crippen LogP contribution in [0.25, 0.3) is 0 Å². The van der Waals surface area contributed by atoms with Crippen LogP contribution < -0.4 is 10.6 Å². The summed E-state index contributed by atoms with van der Waals surface area (Å²) in [6.45, 7) is 0. The monoisotopic (exact) mass is 308 g/mol. The highest BCUT2D eigenvalue weighted by Crippen LogP contribution is 2.29. The van der Waals surface area contributed by atoms with E-state index in [9.17, 15) is 9.59 Å². The van der Waals surface area contributed by atoms with Gasteiger partial charge in [0.1, 0.15) is 0 Å². The first kappa shape index (κ1) is 14.4. The molecule has 4 nitrogen and oxygen atoms in total. The highest BCUT2D eigenvalue weighted by Gasteiger charge is 2.15. The second kappa shape index (κ2) is 6.41. The summed E-state index contributed by atoms with van der Waals surface area (Å²) in [7, 11) is 0. The van der Waals surface area contributed by atoms with E-state index >= 15 is 0 Å². The number of benzene rings is 2. The van der Waals surface area contributed by atoms with Gasteiger partial charge in [-0.05, 0) is 24.3 Å². The number of para-hydroxylation sites is 1. The third-order valence-electron chi connectivity index (χ3n) is 2.44. The Kier molecular flexibility index (Phi) is 4.61. The minimum atomic E-state index is -0.821. The summed E-state index contributed by atoms with van der Waals surface area (Å²) in [5.74, 6) is -1.61. The zero-order chi connectivity index (χ0) is 14.5. The van der Waals surface area contributed by atoms with Gasteiger partial charge in [-0.2, -0.15) is 0 Å². The molecule has 0 unspecified atom stereocenters. The zero-order valence-corrected chi connectivity index (χ0v) is 11.7. The Labute approximate surface area is 125 Å². The lowest BCUT2D eigenvalue weighted by molar-refractivity contribution is -0.132. The summed E-state index contributed by atoms with van der Waals surface area (Å²) >= 11 is 11.7. The highest BCUT2D eigenvalue weighted by molar-refractivity contribution is 6.47. The van der Waals surface area contributed by atoms with Crippen molar-refractivity contribution in [1.82, 2.24) is 0 Å². The molecule has 0 aliphatic carbocycles. The molecule has 2 N–H and O–H groups in total. The van der Waals surface area contributed by atoms with Crippen molar-refractivity contribution in [3.8, 4) is 0 Å². The first-order chi connectivity index (χ1) is 9.58. The molecule has 0 saturated carbocycles. The van der Waals surface area contributed by atoms with Crippen molar-refractivity contribution in [1.29, 1.82) is 0 Å². The molecule has 0 saturated heterocycles. The number of anilines is 2. The van der Waals surface area contributed by atoms with Crippen molar-refractivity contribution in [3.05, 3.63) is 58.6 Å². The lowest BCUT2D eigenvalue weighted by atomic mass is 10.3. The summed E-state index contributed by atoms with van der Waals surface area (Å²) in [5, 5.41) is 5.36. The lowest BCUT2D eigenvalue weighted by Gasteiger charge is -2.08. The molecular weight excluding hydrogens is 299 g/mol. The Bertz CT molecular complexity index is 645. The van der Waals surface area contributed by atoms with Gasteiger partial charge in [-0.1, -0.05) is 47.5 Å². The van der Waals surface area contributed by atoms with Gasteiger partial charge in [0.2, 0.25) is 0 Å². The van der Waals surface area contributed by atoms with Gasteiger partial charge in [0.15, 0.2) is 0 Å². The maximum atomic E-state index is 11.8. The van der Waals surface area contributed by atoms with Crippen LogP contribution in [0.4, 0.5) is 11.4 Å². The van der Waals surface area contributed by atoms with Crippen molar-refractivity contribution in [2.24, 2.45) is 0 Å². The van der Waals surface area contributed by atoms with Gasteiger partial charge in [-0.15, -0.1) is 0 Å². The van der Waals surface area contributed by atoms with Crippen LogP contribution in [-0.2, 0) is 9.59 Å². The van der Waals surface area contributed by atoms with Crippen molar-refractivity contribution >= 4 is 46.4 Å². The van der Waals surface area contributed by atoms with E-state index < -0.39 is 11.8 Å². The van der Waals surface area contributed by atoms with E-state index in [0.29, 0.717) is 10.7 Å². The Balaban J connectivity index is 2.05. The third-order valence-corrected chi connectivity index (χ3v) is 3.26. The average Bonchev–Trinajstić information content (AvgIpc) is 2.45. The number of halogens is 2. The van der Waals surface area contributed by atoms with Crippen molar-refractivity contribution in [3.63, 3.8) is 0 Å². The average molecular weight is 309 g/mol. The molecular formula is C14H10Cl2N2O2. The van der Waals surface area contributed by atoms with Gasteiger partial charge in [0.25, 0.3) is 0 Å². The summed E-state index contributed by atoms with van der Waals surface area (Å²) in [5.41, 5.74) is 0.817. The molecule has 0 aromatic heterocycles. The fourth-order valence-corrected chi connectivity index (χ4v) is 1.84. The van der Waals surface area contributed by atoms with Gasteiger partial charge < -0.3 is 10.6 Å². The molecule has 0 aliphatic rings. The molecule has 0 heterocycles. The molecule has 102 valence electrons. The van der Waals surface area contributed by atoms with E-state index in [4.69, 9.17) is 23.2 Å². The molecule has 20 heavy (non-hydrogen) atoms. The maximum Gasteiger partial charge on any atom is 0.314 e. The van der Waals surface area contributed by atoms with Crippen LogP contribution in [-0.4, -0.2) is 11.8 Å². The summed E-state index contributed by atoms with van der Waals surface area (Å²) in [6, 6.07) is 13.4. The SMILES string of the molecule is O=C(Nc1ccccc1)C(=O)Nc1cccc(Cl)c1Cl. The minimum absolute atomic E-state index is 0.190. The molecule has 0 aliphatic heterocycles. The molecule has 2 rings (SSSR count). The van der Waals surface area contributed by atoms with E-state index in [1.165, 1.54) is 0 Å². The Hall–Kier alpha value is -2.04. The number of hydrogen-bond acceptors (Lipinski definition) is 2. The quantitative estimate of drug-likeness (QED) is 0.833. The Morgan fingerprint density at radius 1 is 0.800 bits per heavy atom. The first-order valence-electron chi connectivity index (χ1n) is 5.69. The summed E-state index contributed by atoms with van der Waals surface area (Å²) in [4.78, 5) is 23.5. The second-order valence-electron chi connectivity index (χ2n) is 3.88. The molecule has 0 spiro atoms. The standard InChI is InChI=1S/C14H10Cl2N2O2/c15-10-7-4-8-11(12(10)16)18-14(20)13(19)17-9-5-2-1-3-6-9/h1-8H,(H,17,19)(H,18,20). The van der Waals surface area contributed by atoms with Crippen LogP contribution in [0.5, 0.6) is 0 Å². The molecule has 6 heteroatoms. The number of carbonyl (C=O) groups is 2. The van der Waals surface area contributed by atoms with E-state index in [-0.39, 0.29) is 10.7 Å². The second-order valence-corrected chi connectivity index (χ2v) is 4.66. The number of rotatable bonds is 2. The van der Waals surface area contributed by atoms with Crippen molar-refractivity contribution < 1.29 is 9.59 Å². The summed E-state index contributed by atoms with van der Waals surface area (Å²) < 4.78 is 0. The third kappa shape index (κ3) is 3.50. The molecule has 0 fully saturated rings. The van der Waals surface area contributed by atoms with Gasteiger partial charge in [0.05, 0.1) is 15.7 Å². The van der Waals surface area contributed by atoms with Crippen LogP contribution in [0.2, 0.25) is 10.0 Å². The molecule has 0 atom stereocenters. The fraction of sp³-hybridized carbons (Fsp3) is 0. The number of amides is 2. The van der Waals surface area contributed by atoms with Crippen LogP contribution in [0.1, 0.15) is 0 Å². The van der Waals surface area contributed by atoms with E-state index in [1.807, 2.05) is 6.07 Å². The lowest BCUT2D eigenvalue weighted by Crippen LogP contribution is -2.29. The molecule has 2 aromatic carbocycles. The van der Waals surface area contributed by atoms with Crippen LogP contribution in [0.15, 0.2) is 48.5 Å². The van der Waals surface area contributed by atoms with E-state index in [1.54, 1.807) is 42.5 Å². The van der Waals surface area contributed by atoms with Crippen molar-refractivity contribution in [2.45, 2.75) is 0 Å². The van der Waals surface area contributed by atoms with Gasteiger partial charge >= 0.3 is 11.8 Å². The minimum Gasteiger partial charge on any atom is -0.318 e. The van der Waals surface area contributed by atoms with Gasteiger partial charge in [-0.25, -0.2) is 0 Å². The first-order valence-corrected chi connectivity index (χ1v) is 6.45. The highest BCUT2D eigenvalue weighted by atomic mass is 35.5. The van der Waals surface area contributed by atoms with Crippen molar-refractivity contribution in [2.75, 3.05) is 10.6 Å². The predicted octanol–water partition coefficient (Wildman–Crippen LogP) is 3.57. The van der Waals surface area contributed by atoms with Gasteiger partial charge in [0, 0.05) is 5.69 Å². The Morgan fingerprint density at radius 3 is 2.15 bits per heavy atom. The predicted molar refractivity (Wildman–Crippen MR) is 80.2 cm³/mol. The van der Waals surface area contributed by atoms with Gasteiger partial charge in [-0.3, -0.25) is 9.59 Å². The topological polar surface area (TPSA) is 58.2 Å². The molecule has 0 bridgehead atoms. The molecule has 2 amide bonds. The molecule has 0 radical (unpaired) electrons.